The van der Waals surface area contributed by atoms with Crippen molar-refractivity contribution in [3.05, 3.63) is 60.2 Å². The lowest BCUT2D eigenvalue weighted by Crippen LogP contribution is -2.41. The average Bonchev–Trinajstić information content (AvgIpc) is 2.56. The summed E-state index contributed by atoms with van der Waals surface area (Å²) in [6.45, 7) is 1.61. The van der Waals surface area contributed by atoms with Gasteiger partial charge in [0, 0.05) is 0 Å². The van der Waals surface area contributed by atoms with Crippen LogP contribution in [0.3, 0.4) is 0 Å². The quantitative estimate of drug-likeness (QED) is 0.654. The molecule has 2 aromatic rings. The van der Waals surface area contributed by atoms with E-state index in [1.165, 1.54) is 31.2 Å². The molecule has 0 unspecified atom stereocenters. The van der Waals surface area contributed by atoms with Crippen molar-refractivity contribution in [2.24, 2.45) is 0 Å². The van der Waals surface area contributed by atoms with Gasteiger partial charge in [0.2, 0.25) is 0 Å². The maximum atomic E-state index is 11.9. The van der Waals surface area contributed by atoms with E-state index < -0.39 is 18.1 Å². The van der Waals surface area contributed by atoms with Gasteiger partial charge in [-0.1, -0.05) is 30.3 Å². The Hall–Kier alpha value is -3.02. The first-order valence-corrected chi connectivity index (χ1v) is 7.02. The summed E-state index contributed by atoms with van der Waals surface area (Å²) in [4.78, 5) is 23.5. The Balaban J connectivity index is 1.78. The zero-order valence-corrected chi connectivity index (χ0v) is 12.6. The summed E-state index contributed by atoms with van der Waals surface area (Å²) in [5, 5.41) is 11.6. The predicted octanol–water partition coefficient (Wildman–Crippen LogP) is 2.61. The number of benzene rings is 2. The van der Waals surface area contributed by atoms with Crippen molar-refractivity contribution in [2.45, 2.75) is 19.6 Å². The van der Waals surface area contributed by atoms with Gasteiger partial charge < -0.3 is 19.9 Å². The maximum absolute atomic E-state index is 11.9. The fourth-order valence-corrected chi connectivity index (χ4v) is 1.72. The first-order chi connectivity index (χ1) is 11.0. The molecular weight excluding hydrogens is 298 g/mol. The Kier molecular flexibility index (Phi) is 5.57. The number of carbonyl (C=O) groups excluding carboxylic acids is 2. The number of nitrogens with one attached hydrogen (secondary N) is 1. The Morgan fingerprint density at radius 1 is 1.09 bits per heavy atom. The average molecular weight is 315 g/mol. The van der Waals surface area contributed by atoms with Crippen molar-refractivity contribution < 1.29 is 24.2 Å². The lowest BCUT2D eigenvalue weighted by molar-refractivity contribution is -0.136. The molecule has 0 aromatic heterocycles. The zero-order valence-electron chi connectivity index (χ0n) is 12.6. The highest BCUT2D eigenvalue weighted by molar-refractivity contribution is 5.82. The molecule has 6 nitrogen and oxygen atoms in total. The van der Waals surface area contributed by atoms with Gasteiger partial charge in [0.15, 0.2) is 0 Å². The number of hydrogen-bond donors (Lipinski definition) is 2. The van der Waals surface area contributed by atoms with Crippen LogP contribution in [0.15, 0.2) is 54.6 Å². The third kappa shape index (κ3) is 5.35. The standard InChI is InChI=1S/C17H17NO5/c1-12(16(20)23-15-9-7-14(19)8-10-15)18-17(21)22-11-13-5-3-2-4-6-13/h2-10,12,19H,11H2,1H3,(H,18,21)/t12-/m0/s1. The molecule has 0 saturated carbocycles. The van der Waals surface area contributed by atoms with Crippen LogP contribution in [-0.4, -0.2) is 23.2 Å². The normalized spacial score (nSPS) is 11.3. The monoisotopic (exact) mass is 315 g/mol. The van der Waals surface area contributed by atoms with Crippen LogP contribution in [0, 0.1) is 0 Å². The van der Waals surface area contributed by atoms with Gasteiger partial charge in [-0.25, -0.2) is 9.59 Å². The van der Waals surface area contributed by atoms with Gasteiger partial charge in [-0.3, -0.25) is 0 Å². The number of phenolic OH excluding ortho intramolecular Hbond substituents is 1. The van der Waals surface area contributed by atoms with E-state index in [1.54, 1.807) is 0 Å². The van der Waals surface area contributed by atoms with Crippen molar-refractivity contribution in [3.8, 4) is 11.5 Å². The topological polar surface area (TPSA) is 84.9 Å². The highest BCUT2D eigenvalue weighted by Gasteiger charge is 2.18. The van der Waals surface area contributed by atoms with Crippen LogP contribution in [-0.2, 0) is 16.1 Å². The summed E-state index contributed by atoms with van der Waals surface area (Å²) >= 11 is 0. The molecule has 120 valence electrons. The fourth-order valence-electron chi connectivity index (χ4n) is 1.72. The molecule has 6 heteroatoms. The highest BCUT2D eigenvalue weighted by atomic mass is 16.6. The van der Waals surface area contributed by atoms with E-state index in [2.05, 4.69) is 5.32 Å². The zero-order chi connectivity index (χ0) is 16.7. The molecule has 1 amide bonds. The van der Waals surface area contributed by atoms with Gasteiger partial charge >= 0.3 is 12.1 Å². The maximum Gasteiger partial charge on any atom is 0.408 e. The number of phenols is 1. The van der Waals surface area contributed by atoms with E-state index in [1.807, 2.05) is 30.3 Å². The fraction of sp³-hybridized carbons (Fsp3) is 0.176. The van der Waals surface area contributed by atoms with E-state index in [-0.39, 0.29) is 18.1 Å². The summed E-state index contributed by atoms with van der Waals surface area (Å²) in [7, 11) is 0. The third-order valence-electron chi connectivity index (χ3n) is 2.96. The SMILES string of the molecule is C[C@H](NC(=O)OCc1ccccc1)C(=O)Oc1ccc(O)cc1. The van der Waals surface area contributed by atoms with E-state index in [0.717, 1.165) is 5.56 Å². The van der Waals surface area contributed by atoms with Gasteiger partial charge in [0.05, 0.1) is 0 Å². The summed E-state index contributed by atoms with van der Waals surface area (Å²) in [6.07, 6.45) is -0.705. The number of rotatable bonds is 5. The van der Waals surface area contributed by atoms with Crippen molar-refractivity contribution in [1.82, 2.24) is 5.32 Å². The number of alkyl carbamates (subject to hydrolysis) is 1. The Morgan fingerprint density at radius 3 is 2.39 bits per heavy atom. The van der Waals surface area contributed by atoms with Crippen LogP contribution in [0.1, 0.15) is 12.5 Å². The number of amides is 1. The second-order valence-electron chi connectivity index (χ2n) is 4.84. The smallest absolute Gasteiger partial charge is 0.408 e. The molecule has 0 aliphatic carbocycles. The number of aromatic hydroxyl groups is 1. The molecule has 0 aliphatic heterocycles. The van der Waals surface area contributed by atoms with E-state index >= 15 is 0 Å². The van der Waals surface area contributed by atoms with E-state index in [0.29, 0.717) is 0 Å². The van der Waals surface area contributed by atoms with Crippen LogP contribution >= 0.6 is 0 Å². The van der Waals surface area contributed by atoms with Crippen molar-refractivity contribution in [1.29, 1.82) is 0 Å². The highest BCUT2D eigenvalue weighted by Crippen LogP contribution is 2.16. The van der Waals surface area contributed by atoms with Crippen LogP contribution in [0.2, 0.25) is 0 Å². The Bertz CT molecular complexity index is 654. The van der Waals surface area contributed by atoms with Crippen LogP contribution in [0.25, 0.3) is 0 Å². The molecule has 0 spiro atoms. The molecule has 0 radical (unpaired) electrons. The molecule has 0 heterocycles. The number of carbonyl (C=O) groups is 2. The molecule has 2 aromatic carbocycles. The van der Waals surface area contributed by atoms with Gasteiger partial charge in [-0.2, -0.15) is 0 Å². The molecule has 0 fully saturated rings. The largest absolute Gasteiger partial charge is 0.508 e. The van der Waals surface area contributed by atoms with Gasteiger partial charge in [0.1, 0.15) is 24.1 Å². The lowest BCUT2D eigenvalue weighted by Gasteiger charge is -2.13. The summed E-state index contributed by atoms with van der Waals surface area (Å²) < 4.78 is 10.1. The molecular formula is C17H17NO5. The predicted molar refractivity (Wildman–Crippen MR) is 83.0 cm³/mol. The van der Waals surface area contributed by atoms with Gasteiger partial charge in [0.25, 0.3) is 0 Å². The molecule has 0 aliphatic rings. The molecule has 2 rings (SSSR count). The summed E-state index contributed by atoms with van der Waals surface area (Å²) in [5.41, 5.74) is 0.849. The first kappa shape index (κ1) is 16.4. The number of hydrogen-bond acceptors (Lipinski definition) is 5. The van der Waals surface area contributed by atoms with Crippen LogP contribution < -0.4 is 10.1 Å². The van der Waals surface area contributed by atoms with Crippen molar-refractivity contribution in [3.63, 3.8) is 0 Å². The molecule has 23 heavy (non-hydrogen) atoms. The minimum absolute atomic E-state index is 0.0699. The molecule has 2 N–H and O–H groups in total. The Labute approximate surface area is 133 Å². The number of ether oxygens (including phenoxy) is 2. The van der Waals surface area contributed by atoms with Crippen LogP contribution in [0.5, 0.6) is 11.5 Å². The second-order valence-corrected chi connectivity index (χ2v) is 4.84. The van der Waals surface area contributed by atoms with E-state index in [4.69, 9.17) is 14.6 Å². The van der Waals surface area contributed by atoms with Crippen LogP contribution in [0.4, 0.5) is 4.79 Å². The first-order valence-electron chi connectivity index (χ1n) is 7.02. The van der Waals surface area contributed by atoms with E-state index in [9.17, 15) is 9.59 Å². The molecule has 1 atom stereocenters. The molecule has 0 bridgehead atoms. The summed E-state index contributed by atoms with van der Waals surface area (Å²) in [6, 6.07) is 14.0. The lowest BCUT2D eigenvalue weighted by atomic mass is 10.2. The van der Waals surface area contributed by atoms with Gasteiger partial charge in [-0.15, -0.1) is 0 Å². The molecule has 0 saturated heterocycles. The Morgan fingerprint density at radius 2 is 1.74 bits per heavy atom. The van der Waals surface area contributed by atoms with Crippen molar-refractivity contribution in [2.75, 3.05) is 0 Å². The third-order valence-corrected chi connectivity index (χ3v) is 2.96. The van der Waals surface area contributed by atoms with Gasteiger partial charge in [-0.05, 0) is 36.8 Å². The summed E-state index contributed by atoms with van der Waals surface area (Å²) in [5.74, 6) is -0.285. The van der Waals surface area contributed by atoms with Crippen molar-refractivity contribution >= 4 is 12.1 Å². The minimum Gasteiger partial charge on any atom is -0.508 e. The minimum atomic E-state index is -0.868. The number of esters is 1. The second kappa shape index (κ2) is 7.84.